The van der Waals surface area contributed by atoms with E-state index in [-0.39, 0.29) is 29.2 Å². The molecule has 2 rings (SSSR count). The fourth-order valence-corrected chi connectivity index (χ4v) is 5.12. The SMILES string of the molecule is CN(C(=O)CSc1cc(N)ccc1Cl)C1CCS(=O)(=O)C1. The van der Waals surface area contributed by atoms with Crippen molar-refractivity contribution < 1.29 is 13.2 Å². The number of carbonyl (C=O) groups excluding carboxylic acids is 1. The van der Waals surface area contributed by atoms with Crippen LogP contribution in [0.1, 0.15) is 6.42 Å². The maximum absolute atomic E-state index is 12.1. The molecule has 0 radical (unpaired) electrons. The van der Waals surface area contributed by atoms with Gasteiger partial charge in [-0.15, -0.1) is 11.8 Å². The molecule has 1 unspecified atom stereocenters. The lowest BCUT2D eigenvalue weighted by Crippen LogP contribution is -2.38. The van der Waals surface area contributed by atoms with Gasteiger partial charge in [-0.2, -0.15) is 0 Å². The van der Waals surface area contributed by atoms with Crippen molar-refractivity contribution in [2.24, 2.45) is 0 Å². The Morgan fingerprint density at radius 1 is 1.52 bits per heavy atom. The number of sulfone groups is 1. The summed E-state index contributed by atoms with van der Waals surface area (Å²) in [7, 11) is -1.34. The minimum atomic E-state index is -2.99. The molecule has 0 spiro atoms. The van der Waals surface area contributed by atoms with Crippen molar-refractivity contribution in [2.75, 3.05) is 30.0 Å². The summed E-state index contributed by atoms with van der Waals surface area (Å²) in [5.74, 6) is 0.305. The van der Waals surface area contributed by atoms with Crippen LogP contribution in [-0.4, -0.2) is 49.6 Å². The lowest BCUT2D eigenvalue weighted by Gasteiger charge is -2.23. The number of thioether (sulfide) groups is 1. The maximum atomic E-state index is 12.1. The molecular weight excluding hydrogens is 332 g/mol. The molecule has 1 saturated heterocycles. The second kappa shape index (κ2) is 6.46. The molecule has 5 nitrogen and oxygen atoms in total. The Labute approximate surface area is 133 Å². The van der Waals surface area contributed by atoms with Crippen LogP contribution in [0.5, 0.6) is 0 Å². The second-order valence-electron chi connectivity index (χ2n) is 5.04. The van der Waals surface area contributed by atoms with Gasteiger partial charge >= 0.3 is 0 Å². The van der Waals surface area contributed by atoms with E-state index in [1.165, 1.54) is 16.7 Å². The van der Waals surface area contributed by atoms with Crippen molar-refractivity contribution >= 4 is 44.8 Å². The Bertz CT molecular complexity index is 649. The van der Waals surface area contributed by atoms with Crippen molar-refractivity contribution in [1.29, 1.82) is 0 Å². The van der Waals surface area contributed by atoms with Gasteiger partial charge in [0.05, 0.1) is 22.3 Å². The summed E-state index contributed by atoms with van der Waals surface area (Å²) in [4.78, 5) is 14.4. The molecule has 1 aromatic rings. The van der Waals surface area contributed by atoms with Crippen molar-refractivity contribution in [3.8, 4) is 0 Å². The highest BCUT2D eigenvalue weighted by atomic mass is 35.5. The number of carbonyl (C=O) groups is 1. The van der Waals surface area contributed by atoms with Crippen molar-refractivity contribution in [3.63, 3.8) is 0 Å². The van der Waals surface area contributed by atoms with E-state index >= 15 is 0 Å². The average Bonchev–Trinajstić information content (AvgIpc) is 2.79. The molecular formula is C13H17ClN2O3S2. The predicted octanol–water partition coefficient (Wildman–Crippen LogP) is 1.66. The predicted molar refractivity (Wildman–Crippen MR) is 86.4 cm³/mol. The number of nitrogens with two attached hydrogens (primary N) is 1. The minimum absolute atomic E-state index is 0.0545. The van der Waals surface area contributed by atoms with Crippen LogP contribution in [0.4, 0.5) is 5.69 Å². The first-order valence-corrected chi connectivity index (χ1v) is 9.61. The smallest absolute Gasteiger partial charge is 0.232 e. The third-order valence-electron chi connectivity index (χ3n) is 3.46. The van der Waals surface area contributed by atoms with E-state index in [0.29, 0.717) is 17.1 Å². The standard InChI is InChI=1S/C13H17ClN2O3S2/c1-16(10-4-5-21(18,19)8-10)13(17)7-20-12-6-9(15)2-3-11(12)14/h2-3,6,10H,4-5,7-8,15H2,1H3. The van der Waals surface area contributed by atoms with Gasteiger partial charge in [0, 0.05) is 23.7 Å². The van der Waals surface area contributed by atoms with Crippen molar-refractivity contribution in [2.45, 2.75) is 17.4 Å². The average molecular weight is 349 g/mol. The quantitative estimate of drug-likeness (QED) is 0.661. The number of hydrogen-bond donors (Lipinski definition) is 1. The molecule has 21 heavy (non-hydrogen) atoms. The van der Waals surface area contributed by atoms with E-state index in [2.05, 4.69) is 0 Å². The number of amides is 1. The van der Waals surface area contributed by atoms with Gasteiger partial charge < -0.3 is 10.6 Å². The molecule has 1 amide bonds. The normalized spacial score (nSPS) is 20.4. The van der Waals surface area contributed by atoms with Crippen LogP contribution in [0.3, 0.4) is 0 Å². The van der Waals surface area contributed by atoms with Crippen LogP contribution in [0.15, 0.2) is 23.1 Å². The molecule has 1 aromatic carbocycles. The lowest BCUT2D eigenvalue weighted by molar-refractivity contribution is -0.128. The molecule has 0 aliphatic carbocycles. The number of benzene rings is 1. The van der Waals surface area contributed by atoms with E-state index < -0.39 is 9.84 Å². The number of nitrogen functional groups attached to an aromatic ring is 1. The molecule has 1 heterocycles. The highest BCUT2D eigenvalue weighted by molar-refractivity contribution is 8.00. The number of anilines is 1. The van der Waals surface area contributed by atoms with Crippen LogP contribution >= 0.6 is 23.4 Å². The highest BCUT2D eigenvalue weighted by Crippen LogP contribution is 2.29. The van der Waals surface area contributed by atoms with Gasteiger partial charge in [-0.1, -0.05) is 11.6 Å². The molecule has 116 valence electrons. The Kier molecular flexibility index (Phi) is 5.06. The monoisotopic (exact) mass is 348 g/mol. The zero-order chi connectivity index (χ0) is 15.6. The molecule has 1 atom stereocenters. The first-order valence-electron chi connectivity index (χ1n) is 6.42. The zero-order valence-corrected chi connectivity index (χ0v) is 14.0. The molecule has 0 bridgehead atoms. The van der Waals surface area contributed by atoms with Gasteiger partial charge in [-0.3, -0.25) is 4.79 Å². The Balaban J connectivity index is 1.94. The molecule has 1 aliphatic rings. The highest BCUT2D eigenvalue weighted by Gasteiger charge is 2.32. The number of hydrogen-bond acceptors (Lipinski definition) is 5. The molecule has 0 aromatic heterocycles. The van der Waals surface area contributed by atoms with Crippen LogP contribution in [0.25, 0.3) is 0 Å². The zero-order valence-electron chi connectivity index (χ0n) is 11.6. The van der Waals surface area contributed by atoms with E-state index in [1.54, 1.807) is 25.2 Å². The van der Waals surface area contributed by atoms with Crippen LogP contribution in [-0.2, 0) is 14.6 Å². The van der Waals surface area contributed by atoms with Crippen LogP contribution in [0, 0.1) is 0 Å². The van der Waals surface area contributed by atoms with Crippen LogP contribution in [0.2, 0.25) is 5.02 Å². The molecule has 1 fully saturated rings. The first kappa shape index (κ1) is 16.5. The fraction of sp³-hybridized carbons (Fsp3) is 0.462. The molecule has 1 aliphatic heterocycles. The second-order valence-corrected chi connectivity index (χ2v) is 8.69. The Morgan fingerprint density at radius 3 is 2.86 bits per heavy atom. The molecule has 0 saturated carbocycles. The third kappa shape index (κ3) is 4.28. The van der Waals surface area contributed by atoms with Crippen molar-refractivity contribution in [3.05, 3.63) is 23.2 Å². The van der Waals surface area contributed by atoms with Gasteiger partial charge in [-0.25, -0.2) is 8.42 Å². The van der Waals surface area contributed by atoms with Gasteiger partial charge in [0.25, 0.3) is 0 Å². The maximum Gasteiger partial charge on any atom is 0.232 e. The fourth-order valence-electron chi connectivity index (χ4n) is 2.16. The summed E-state index contributed by atoms with van der Waals surface area (Å²) in [5.41, 5.74) is 6.28. The molecule has 2 N–H and O–H groups in total. The van der Waals surface area contributed by atoms with Gasteiger partial charge in [0.15, 0.2) is 9.84 Å². The summed E-state index contributed by atoms with van der Waals surface area (Å²) < 4.78 is 22.9. The van der Waals surface area contributed by atoms with Gasteiger partial charge in [-0.05, 0) is 24.6 Å². The van der Waals surface area contributed by atoms with Gasteiger partial charge in [0.2, 0.25) is 5.91 Å². The topological polar surface area (TPSA) is 80.5 Å². The summed E-state index contributed by atoms with van der Waals surface area (Å²) in [5, 5.41) is 0.549. The summed E-state index contributed by atoms with van der Waals surface area (Å²) in [6, 6.07) is 4.89. The van der Waals surface area contributed by atoms with Crippen molar-refractivity contribution in [1.82, 2.24) is 4.90 Å². The number of nitrogens with zero attached hydrogens (tertiary/aromatic N) is 1. The largest absolute Gasteiger partial charge is 0.399 e. The number of halogens is 1. The third-order valence-corrected chi connectivity index (χ3v) is 6.69. The number of rotatable bonds is 4. The van der Waals surface area contributed by atoms with E-state index in [4.69, 9.17) is 17.3 Å². The Hall–Kier alpha value is -0.920. The Morgan fingerprint density at radius 2 is 2.24 bits per heavy atom. The lowest BCUT2D eigenvalue weighted by atomic mass is 10.2. The van der Waals surface area contributed by atoms with E-state index in [0.717, 1.165) is 4.90 Å². The first-order chi connectivity index (χ1) is 9.78. The van der Waals surface area contributed by atoms with E-state index in [1.807, 2.05) is 0 Å². The molecule has 8 heteroatoms. The van der Waals surface area contributed by atoms with E-state index in [9.17, 15) is 13.2 Å². The summed E-state index contributed by atoms with van der Waals surface area (Å²) in [6.07, 6.45) is 0.508. The summed E-state index contributed by atoms with van der Waals surface area (Å²) in [6.45, 7) is 0. The van der Waals surface area contributed by atoms with Crippen LogP contribution < -0.4 is 5.73 Å². The van der Waals surface area contributed by atoms with Gasteiger partial charge in [0.1, 0.15) is 0 Å². The minimum Gasteiger partial charge on any atom is -0.399 e. The summed E-state index contributed by atoms with van der Waals surface area (Å²) >= 11 is 7.35.